The number of urea groups is 1. The van der Waals surface area contributed by atoms with Gasteiger partial charge in [-0.2, -0.15) is 0 Å². The van der Waals surface area contributed by atoms with Crippen molar-refractivity contribution in [1.29, 1.82) is 0 Å². The lowest BCUT2D eigenvalue weighted by atomic mass is 10.1. The maximum atomic E-state index is 13.2. The lowest BCUT2D eigenvalue weighted by molar-refractivity contribution is 0.240. The third-order valence-electron chi connectivity index (χ3n) is 3.85. The van der Waals surface area contributed by atoms with Gasteiger partial charge >= 0.3 is 6.03 Å². The summed E-state index contributed by atoms with van der Waals surface area (Å²) in [6.45, 7) is 4.53. The van der Waals surface area contributed by atoms with Gasteiger partial charge in [-0.15, -0.1) is 11.3 Å². The highest BCUT2D eigenvalue weighted by Gasteiger charge is 2.30. The van der Waals surface area contributed by atoms with Crippen LogP contribution in [0.15, 0.2) is 46.0 Å². The highest BCUT2D eigenvalue weighted by Crippen LogP contribution is 2.31. The van der Waals surface area contributed by atoms with Gasteiger partial charge in [-0.25, -0.2) is 17.6 Å². The molecule has 142 valence electrons. The van der Waals surface area contributed by atoms with Crippen LogP contribution < -0.4 is 10.6 Å². The van der Waals surface area contributed by atoms with E-state index in [-0.39, 0.29) is 10.8 Å². The lowest BCUT2D eigenvalue weighted by Gasteiger charge is -2.18. The van der Waals surface area contributed by atoms with Crippen LogP contribution in [-0.2, 0) is 9.84 Å². The van der Waals surface area contributed by atoms with Crippen molar-refractivity contribution in [3.05, 3.63) is 53.2 Å². The van der Waals surface area contributed by atoms with Crippen LogP contribution in [0.3, 0.4) is 0 Å². The van der Waals surface area contributed by atoms with Gasteiger partial charge < -0.3 is 10.6 Å². The van der Waals surface area contributed by atoms with E-state index in [9.17, 15) is 17.6 Å². The Morgan fingerprint density at radius 1 is 1.15 bits per heavy atom. The highest BCUT2D eigenvalue weighted by molar-refractivity contribution is 7.93. The van der Waals surface area contributed by atoms with E-state index in [1.807, 2.05) is 0 Å². The second kappa shape index (κ2) is 9.14. The molecule has 1 unspecified atom stereocenters. The zero-order valence-electron chi connectivity index (χ0n) is 14.7. The molecule has 0 bridgehead atoms. The summed E-state index contributed by atoms with van der Waals surface area (Å²) in [5.41, 5.74) is 0.433. The molecule has 0 aliphatic rings. The summed E-state index contributed by atoms with van der Waals surface area (Å²) in [6, 6.07) is 8.07. The molecule has 8 heteroatoms. The van der Waals surface area contributed by atoms with Gasteiger partial charge in [-0.3, -0.25) is 0 Å². The Balaban J connectivity index is 2.14. The fourth-order valence-corrected chi connectivity index (χ4v) is 5.24. The molecule has 1 aromatic carbocycles. The van der Waals surface area contributed by atoms with Crippen molar-refractivity contribution >= 4 is 27.2 Å². The molecule has 2 aromatic rings. The molecule has 0 aliphatic heterocycles. The van der Waals surface area contributed by atoms with Gasteiger partial charge in [0.1, 0.15) is 15.3 Å². The second-order valence-corrected chi connectivity index (χ2v) is 9.64. The van der Waals surface area contributed by atoms with Crippen LogP contribution in [-0.4, -0.2) is 27.5 Å². The minimum absolute atomic E-state index is 0.0978. The molecule has 0 saturated heterocycles. The van der Waals surface area contributed by atoms with E-state index in [0.29, 0.717) is 18.0 Å². The molecule has 1 aromatic heterocycles. The summed E-state index contributed by atoms with van der Waals surface area (Å²) in [4.78, 5) is 12.0. The van der Waals surface area contributed by atoms with Gasteiger partial charge in [0, 0.05) is 13.1 Å². The molecule has 5 nitrogen and oxygen atoms in total. The monoisotopic (exact) mass is 398 g/mol. The Kier molecular flexibility index (Phi) is 7.16. The number of carbonyl (C=O) groups excluding carboxylic acids is 1. The van der Waals surface area contributed by atoms with Crippen molar-refractivity contribution in [2.75, 3.05) is 13.1 Å². The first kappa shape index (κ1) is 20.4. The molecule has 2 N–H and O–H groups in total. The molecular weight excluding hydrogens is 375 g/mol. The Bertz CT molecular complexity index is 803. The average Bonchev–Trinajstić information content (AvgIpc) is 3.11. The molecule has 0 saturated carbocycles. The number of nitrogens with one attached hydrogen (secondary N) is 2. The Hall–Kier alpha value is -1.93. The van der Waals surface area contributed by atoms with Crippen molar-refractivity contribution in [1.82, 2.24) is 10.6 Å². The number of carbonyl (C=O) groups is 1. The van der Waals surface area contributed by atoms with Gasteiger partial charge in [0.2, 0.25) is 0 Å². The fraction of sp³-hybridized carbons (Fsp3) is 0.389. The smallest absolute Gasteiger partial charge is 0.314 e. The van der Waals surface area contributed by atoms with E-state index in [0.717, 1.165) is 17.8 Å². The number of hydrogen-bond donors (Lipinski definition) is 2. The van der Waals surface area contributed by atoms with Crippen LogP contribution in [0.4, 0.5) is 9.18 Å². The summed E-state index contributed by atoms with van der Waals surface area (Å²) >= 11 is 1.12. The number of benzene rings is 1. The minimum atomic E-state index is -3.70. The molecule has 0 aliphatic carbocycles. The predicted octanol–water partition coefficient (Wildman–Crippen LogP) is 3.75. The van der Waals surface area contributed by atoms with Crippen LogP contribution in [0, 0.1) is 11.7 Å². The van der Waals surface area contributed by atoms with Gasteiger partial charge in [-0.05, 0) is 41.5 Å². The Morgan fingerprint density at radius 2 is 1.85 bits per heavy atom. The first-order chi connectivity index (χ1) is 12.3. The molecule has 0 radical (unpaired) electrons. The van der Waals surface area contributed by atoms with E-state index in [1.165, 1.54) is 30.3 Å². The molecule has 2 rings (SSSR count). The van der Waals surface area contributed by atoms with Crippen molar-refractivity contribution < 1.29 is 17.6 Å². The summed E-state index contributed by atoms with van der Waals surface area (Å²) in [5.74, 6) is 0.0156. The van der Waals surface area contributed by atoms with E-state index in [4.69, 9.17) is 0 Å². The Labute approximate surface area is 157 Å². The van der Waals surface area contributed by atoms with Gasteiger partial charge in [0.25, 0.3) is 0 Å². The first-order valence-electron chi connectivity index (χ1n) is 8.35. The van der Waals surface area contributed by atoms with Gasteiger partial charge in [0.05, 0.1) is 0 Å². The van der Waals surface area contributed by atoms with Crippen LogP contribution in [0.1, 0.15) is 31.1 Å². The lowest BCUT2D eigenvalue weighted by Crippen LogP contribution is -2.39. The molecule has 2 amide bonds. The normalized spacial score (nSPS) is 12.8. The average molecular weight is 399 g/mol. The first-order valence-corrected chi connectivity index (χ1v) is 10.8. The van der Waals surface area contributed by atoms with E-state index >= 15 is 0 Å². The third kappa shape index (κ3) is 5.54. The second-order valence-electron chi connectivity index (χ2n) is 6.34. The fourth-order valence-electron chi connectivity index (χ4n) is 2.37. The molecule has 1 heterocycles. The molecule has 0 fully saturated rings. The topological polar surface area (TPSA) is 75.3 Å². The van der Waals surface area contributed by atoms with Gasteiger partial charge in [0.15, 0.2) is 9.84 Å². The SMILES string of the molecule is CC(C)CCNC(=O)NCC(c1ccc(F)cc1)S(=O)(=O)c1cccs1. The van der Waals surface area contributed by atoms with Crippen molar-refractivity contribution in [3.63, 3.8) is 0 Å². The van der Waals surface area contributed by atoms with E-state index < -0.39 is 26.9 Å². The number of hydrogen-bond acceptors (Lipinski definition) is 4. The number of halogens is 1. The Morgan fingerprint density at radius 3 is 2.42 bits per heavy atom. The molecular formula is C18H23FN2O3S2. The van der Waals surface area contributed by atoms with Crippen LogP contribution in [0.2, 0.25) is 0 Å². The van der Waals surface area contributed by atoms with Crippen molar-refractivity contribution in [3.8, 4) is 0 Å². The summed E-state index contributed by atoms with van der Waals surface area (Å²) in [7, 11) is -3.70. The standard InChI is InChI=1S/C18H23FN2O3S2/c1-13(2)9-10-20-18(22)21-12-16(14-5-7-15(19)8-6-14)26(23,24)17-4-3-11-25-17/h3-8,11,13,16H,9-10,12H2,1-2H3,(H2,20,21,22). The number of thiophene rings is 1. The number of sulfone groups is 1. The van der Waals surface area contributed by atoms with Gasteiger partial charge in [-0.1, -0.05) is 32.0 Å². The number of rotatable bonds is 8. The predicted molar refractivity (Wildman–Crippen MR) is 102 cm³/mol. The van der Waals surface area contributed by atoms with E-state index in [2.05, 4.69) is 24.5 Å². The minimum Gasteiger partial charge on any atom is -0.338 e. The summed E-state index contributed by atoms with van der Waals surface area (Å²) in [5, 5.41) is 6.03. The quantitative estimate of drug-likeness (QED) is 0.711. The maximum Gasteiger partial charge on any atom is 0.314 e. The summed E-state index contributed by atoms with van der Waals surface area (Å²) < 4.78 is 39.3. The van der Waals surface area contributed by atoms with Crippen molar-refractivity contribution in [2.24, 2.45) is 5.92 Å². The zero-order chi connectivity index (χ0) is 19.2. The molecule has 26 heavy (non-hydrogen) atoms. The van der Waals surface area contributed by atoms with Crippen LogP contribution in [0.25, 0.3) is 0 Å². The van der Waals surface area contributed by atoms with Crippen LogP contribution >= 0.6 is 11.3 Å². The third-order valence-corrected chi connectivity index (χ3v) is 7.38. The maximum absolute atomic E-state index is 13.2. The van der Waals surface area contributed by atoms with E-state index in [1.54, 1.807) is 11.4 Å². The summed E-state index contributed by atoms with van der Waals surface area (Å²) in [6.07, 6.45) is 0.836. The molecule has 1 atom stereocenters. The number of amides is 2. The largest absolute Gasteiger partial charge is 0.338 e. The molecule has 0 spiro atoms. The zero-order valence-corrected chi connectivity index (χ0v) is 16.4. The van der Waals surface area contributed by atoms with Crippen LogP contribution in [0.5, 0.6) is 0 Å². The highest BCUT2D eigenvalue weighted by atomic mass is 32.2. The van der Waals surface area contributed by atoms with Crippen molar-refractivity contribution in [2.45, 2.75) is 29.7 Å².